The van der Waals surface area contributed by atoms with Crippen LogP contribution in [0.25, 0.3) is 11.3 Å². The molecule has 0 fully saturated rings. The van der Waals surface area contributed by atoms with E-state index in [4.69, 9.17) is 10.5 Å². The minimum absolute atomic E-state index is 0.00954. The van der Waals surface area contributed by atoms with Crippen LogP contribution in [0.3, 0.4) is 0 Å². The number of ether oxygens (including phenoxy) is 1. The molecule has 4 rings (SSSR count). The number of hydrogen-bond acceptors (Lipinski definition) is 6. The molecule has 0 saturated heterocycles. The topological polar surface area (TPSA) is 103 Å². The number of nitrogens with zero attached hydrogens (tertiary/aromatic N) is 3. The summed E-state index contributed by atoms with van der Waals surface area (Å²) in [5.41, 5.74) is 6.96. The molecule has 0 radical (unpaired) electrons. The Morgan fingerprint density at radius 1 is 1.03 bits per heavy atom. The summed E-state index contributed by atoms with van der Waals surface area (Å²) >= 11 is 0. The fourth-order valence-corrected chi connectivity index (χ4v) is 4.19. The second-order valence-electron chi connectivity index (χ2n) is 7.14. The number of nitrogen functional groups attached to an aromatic ring is 1. The van der Waals surface area contributed by atoms with Gasteiger partial charge < -0.3 is 10.5 Å². The van der Waals surface area contributed by atoms with Crippen LogP contribution in [-0.4, -0.2) is 19.2 Å². The molecule has 0 aliphatic carbocycles. The van der Waals surface area contributed by atoms with Crippen LogP contribution in [0.5, 0.6) is 11.6 Å². The van der Waals surface area contributed by atoms with Crippen molar-refractivity contribution in [1.82, 2.24) is 15.0 Å². The van der Waals surface area contributed by atoms with Gasteiger partial charge in [-0.15, -0.1) is 0 Å². The molecule has 0 amide bonds. The summed E-state index contributed by atoms with van der Waals surface area (Å²) in [5.74, 6) is -5.16. The summed E-state index contributed by atoms with van der Waals surface area (Å²) in [4.78, 5) is 11.9. The molecule has 7 nitrogen and oxygen atoms in total. The van der Waals surface area contributed by atoms with Crippen LogP contribution in [0, 0.1) is 24.4 Å². The van der Waals surface area contributed by atoms with Crippen LogP contribution >= 0.6 is 0 Å². The molecule has 2 aromatic heterocycles. The number of pyridine rings is 1. The van der Waals surface area contributed by atoms with Gasteiger partial charge in [-0.1, -0.05) is 24.3 Å². The van der Waals surface area contributed by atoms with Crippen LogP contribution in [0.4, 0.5) is 24.8 Å². The highest BCUT2D eigenvalue weighted by molar-refractivity contribution is 7.85. The van der Waals surface area contributed by atoms with Crippen LogP contribution < -0.4 is 15.2 Å². The Morgan fingerprint density at radius 3 is 2.59 bits per heavy atom. The second kappa shape index (κ2) is 9.87. The number of nitrogens with one attached hydrogen (secondary N) is 1. The Kier molecular flexibility index (Phi) is 6.73. The van der Waals surface area contributed by atoms with Gasteiger partial charge in [0.2, 0.25) is 17.6 Å². The largest absolute Gasteiger partial charge is 0.435 e. The lowest BCUT2D eigenvalue weighted by molar-refractivity contribution is 0.401. The number of hydrogen-bond donors (Lipinski definition) is 2. The Labute approximate surface area is 195 Å². The molecule has 34 heavy (non-hydrogen) atoms. The Morgan fingerprint density at radius 2 is 1.82 bits per heavy atom. The van der Waals surface area contributed by atoms with Crippen molar-refractivity contribution >= 4 is 22.6 Å². The molecule has 2 aromatic carbocycles. The molecular formula is C23H18F3N5O2S. The summed E-state index contributed by atoms with van der Waals surface area (Å²) in [7, 11) is -1.91. The molecule has 0 bridgehead atoms. The number of anilines is 2. The lowest BCUT2D eigenvalue weighted by atomic mass is 10.1. The van der Waals surface area contributed by atoms with E-state index in [1.807, 2.05) is 19.1 Å². The number of benzene rings is 2. The molecule has 3 N–H and O–H groups in total. The molecule has 0 aliphatic heterocycles. The van der Waals surface area contributed by atoms with Gasteiger partial charge >= 0.3 is 0 Å². The van der Waals surface area contributed by atoms with E-state index < -0.39 is 39.9 Å². The summed E-state index contributed by atoms with van der Waals surface area (Å²) < 4.78 is 64.3. The number of aromatic nitrogens is 3. The standard InChI is InChI=1S/C23H18F3N5O2S/c1-13-5-2-3-6-14(13)12-34(32)31-21-16(24)11-18(19(25)20(21)26)33-22-15(7-4-9-28-22)17-8-10-29-23(27)30-17/h2-11,31H,12H2,1H3,(H2,27,29,30). The van der Waals surface area contributed by atoms with Crippen molar-refractivity contribution in [3.8, 4) is 22.9 Å². The average Bonchev–Trinajstić information content (AvgIpc) is 2.82. The van der Waals surface area contributed by atoms with Crippen molar-refractivity contribution in [3.63, 3.8) is 0 Å². The highest BCUT2D eigenvalue weighted by atomic mass is 32.2. The maximum atomic E-state index is 14.8. The molecule has 0 saturated carbocycles. The van der Waals surface area contributed by atoms with Gasteiger partial charge in [-0.2, -0.15) is 4.39 Å². The first-order valence-electron chi connectivity index (χ1n) is 9.92. The quantitative estimate of drug-likeness (QED) is 0.361. The Hall–Kier alpha value is -3.99. The van der Waals surface area contributed by atoms with E-state index in [1.165, 1.54) is 18.5 Å². The zero-order valence-electron chi connectivity index (χ0n) is 17.8. The Bertz CT molecular complexity index is 1390. The molecule has 0 spiro atoms. The zero-order chi connectivity index (χ0) is 24.2. The predicted octanol–water partition coefficient (Wildman–Crippen LogP) is 4.91. The van der Waals surface area contributed by atoms with E-state index in [9.17, 15) is 17.4 Å². The third kappa shape index (κ3) is 4.99. The monoisotopic (exact) mass is 485 g/mol. The van der Waals surface area contributed by atoms with E-state index in [0.717, 1.165) is 11.1 Å². The van der Waals surface area contributed by atoms with Crippen LogP contribution in [0.2, 0.25) is 0 Å². The minimum Gasteiger partial charge on any atom is -0.435 e. The van der Waals surface area contributed by atoms with Gasteiger partial charge in [0.05, 0.1) is 17.0 Å². The summed E-state index contributed by atoms with van der Waals surface area (Å²) in [6.07, 6.45) is 2.77. The van der Waals surface area contributed by atoms with Gasteiger partial charge in [-0.3, -0.25) is 4.72 Å². The van der Waals surface area contributed by atoms with Crippen LogP contribution in [0.15, 0.2) is 60.9 Å². The highest BCUT2D eigenvalue weighted by Gasteiger charge is 2.23. The van der Waals surface area contributed by atoms with Gasteiger partial charge in [0.1, 0.15) is 16.7 Å². The van der Waals surface area contributed by atoms with Gasteiger partial charge in [0.15, 0.2) is 17.4 Å². The maximum Gasteiger partial charge on any atom is 0.228 e. The first kappa shape index (κ1) is 23.2. The molecule has 174 valence electrons. The normalized spacial score (nSPS) is 11.8. The number of halogens is 3. The second-order valence-corrected chi connectivity index (χ2v) is 8.32. The lowest BCUT2D eigenvalue weighted by Crippen LogP contribution is -2.12. The first-order valence-corrected chi connectivity index (χ1v) is 11.2. The SMILES string of the molecule is Cc1ccccc1CS(=O)Nc1c(F)cc(Oc2ncccc2-c2ccnc(N)n2)c(F)c1F. The van der Waals surface area contributed by atoms with E-state index in [0.29, 0.717) is 17.3 Å². The molecule has 4 aromatic rings. The fourth-order valence-electron chi connectivity index (χ4n) is 3.10. The minimum atomic E-state index is -1.91. The van der Waals surface area contributed by atoms with Crippen molar-refractivity contribution in [2.75, 3.05) is 10.5 Å². The van der Waals surface area contributed by atoms with E-state index >= 15 is 0 Å². The third-order valence-electron chi connectivity index (χ3n) is 4.82. The molecule has 1 atom stereocenters. The first-order chi connectivity index (χ1) is 16.3. The smallest absolute Gasteiger partial charge is 0.228 e. The third-order valence-corrected chi connectivity index (χ3v) is 5.82. The van der Waals surface area contributed by atoms with Crippen molar-refractivity contribution in [3.05, 3.63) is 89.5 Å². The maximum absolute atomic E-state index is 14.8. The predicted molar refractivity (Wildman–Crippen MR) is 123 cm³/mol. The number of rotatable bonds is 7. The van der Waals surface area contributed by atoms with Crippen LogP contribution in [-0.2, 0) is 16.7 Å². The summed E-state index contributed by atoms with van der Waals surface area (Å²) in [6, 6.07) is 12.5. The van der Waals surface area contributed by atoms with Gasteiger partial charge in [-0.25, -0.2) is 27.9 Å². The van der Waals surface area contributed by atoms with E-state index in [2.05, 4.69) is 19.7 Å². The number of nitrogens with two attached hydrogens (primary N) is 1. The zero-order valence-corrected chi connectivity index (χ0v) is 18.6. The highest BCUT2D eigenvalue weighted by Crippen LogP contribution is 2.35. The molecule has 11 heteroatoms. The Balaban J connectivity index is 1.60. The van der Waals surface area contributed by atoms with Gasteiger partial charge in [0, 0.05) is 18.5 Å². The average molecular weight is 485 g/mol. The summed E-state index contributed by atoms with van der Waals surface area (Å²) in [5, 5.41) is 0. The molecule has 1 unspecified atom stereocenters. The molecular weight excluding hydrogens is 467 g/mol. The molecule has 0 aliphatic rings. The van der Waals surface area contributed by atoms with E-state index in [1.54, 1.807) is 24.3 Å². The van der Waals surface area contributed by atoms with E-state index in [-0.39, 0.29) is 17.6 Å². The number of aryl methyl sites for hydroxylation is 1. The van der Waals surface area contributed by atoms with Gasteiger partial charge in [-0.05, 0) is 36.2 Å². The fraction of sp³-hybridized carbons (Fsp3) is 0.0870. The summed E-state index contributed by atoms with van der Waals surface area (Å²) in [6.45, 7) is 1.82. The van der Waals surface area contributed by atoms with Crippen molar-refractivity contribution in [2.45, 2.75) is 12.7 Å². The lowest BCUT2D eigenvalue weighted by Gasteiger charge is -2.14. The van der Waals surface area contributed by atoms with Gasteiger partial charge in [0.25, 0.3) is 0 Å². The van der Waals surface area contributed by atoms with Crippen molar-refractivity contribution < 1.29 is 22.1 Å². The van der Waals surface area contributed by atoms with Crippen LogP contribution in [0.1, 0.15) is 11.1 Å². The van der Waals surface area contributed by atoms with Crippen molar-refractivity contribution in [2.24, 2.45) is 0 Å². The molecule has 2 heterocycles. The van der Waals surface area contributed by atoms with Crippen molar-refractivity contribution in [1.29, 1.82) is 0 Å².